The molecule has 1 unspecified atom stereocenters. The van der Waals surface area contributed by atoms with Gasteiger partial charge in [-0.15, -0.1) is 0 Å². The minimum absolute atomic E-state index is 0.0114. The molecule has 0 aliphatic carbocycles. The maximum atomic E-state index is 13.0. The monoisotopic (exact) mass is 418 g/mol. The first-order chi connectivity index (χ1) is 15.0. The van der Waals surface area contributed by atoms with Crippen LogP contribution >= 0.6 is 0 Å². The average Bonchev–Trinajstić information content (AvgIpc) is 3.40. The van der Waals surface area contributed by atoms with Gasteiger partial charge in [0.1, 0.15) is 6.04 Å². The lowest BCUT2D eigenvalue weighted by atomic mass is 10.1. The summed E-state index contributed by atoms with van der Waals surface area (Å²) in [5.41, 5.74) is 2.90. The van der Waals surface area contributed by atoms with Crippen molar-refractivity contribution in [2.45, 2.75) is 31.8 Å². The lowest BCUT2D eigenvalue weighted by Gasteiger charge is -2.24. The quantitative estimate of drug-likeness (QED) is 0.640. The molecule has 2 heterocycles. The van der Waals surface area contributed by atoms with Crippen molar-refractivity contribution in [1.82, 2.24) is 14.4 Å². The third kappa shape index (κ3) is 4.97. The van der Waals surface area contributed by atoms with Crippen LogP contribution in [0.4, 0.5) is 5.69 Å². The van der Waals surface area contributed by atoms with Crippen LogP contribution in [0.3, 0.4) is 0 Å². The highest BCUT2D eigenvalue weighted by Crippen LogP contribution is 2.24. The number of fused-ring (bicyclic) bond motifs is 1. The van der Waals surface area contributed by atoms with E-state index in [0.717, 1.165) is 41.7 Å². The molecule has 0 spiro atoms. The van der Waals surface area contributed by atoms with Crippen LogP contribution in [0.15, 0.2) is 60.8 Å². The highest BCUT2D eigenvalue weighted by Gasteiger charge is 2.33. The van der Waals surface area contributed by atoms with Crippen molar-refractivity contribution in [1.29, 1.82) is 0 Å². The molecule has 1 saturated heterocycles. The Kier molecular flexibility index (Phi) is 6.37. The number of rotatable bonds is 7. The molecule has 2 aromatic carbocycles. The van der Waals surface area contributed by atoms with Crippen molar-refractivity contribution in [3.05, 3.63) is 66.4 Å². The van der Waals surface area contributed by atoms with E-state index in [0.29, 0.717) is 19.4 Å². The number of carbonyl (C=O) groups is 2. The number of hydrogen-bond donors (Lipinski definition) is 1. The number of nitrogens with one attached hydrogen (secondary N) is 1. The largest absolute Gasteiger partial charge is 0.346 e. The Morgan fingerprint density at radius 1 is 1.10 bits per heavy atom. The number of likely N-dealkylation sites (N-methyl/N-ethyl adjacent to an activating group) is 1. The summed E-state index contributed by atoms with van der Waals surface area (Å²) in [7, 11) is 4.13. The minimum atomic E-state index is -0.406. The zero-order valence-corrected chi connectivity index (χ0v) is 18.3. The third-order valence-electron chi connectivity index (χ3n) is 5.90. The Morgan fingerprint density at radius 3 is 2.68 bits per heavy atom. The highest BCUT2D eigenvalue weighted by atomic mass is 16.2. The molecule has 31 heavy (non-hydrogen) atoms. The summed E-state index contributed by atoms with van der Waals surface area (Å²) in [5.74, 6) is -0.0948. The fourth-order valence-corrected chi connectivity index (χ4v) is 4.22. The van der Waals surface area contributed by atoms with E-state index in [1.807, 2.05) is 48.5 Å². The second-order valence-corrected chi connectivity index (χ2v) is 8.48. The van der Waals surface area contributed by atoms with Gasteiger partial charge in [0.2, 0.25) is 11.8 Å². The Labute approximate surface area is 183 Å². The second kappa shape index (κ2) is 9.35. The van der Waals surface area contributed by atoms with Crippen molar-refractivity contribution < 1.29 is 9.59 Å². The van der Waals surface area contributed by atoms with Gasteiger partial charge in [-0.3, -0.25) is 9.59 Å². The van der Waals surface area contributed by atoms with Crippen LogP contribution in [0.2, 0.25) is 0 Å². The number of carbonyl (C=O) groups excluding carboxylic acids is 2. The first-order valence-corrected chi connectivity index (χ1v) is 10.9. The summed E-state index contributed by atoms with van der Waals surface area (Å²) in [6.45, 7) is 2.52. The number of hydrogen-bond acceptors (Lipinski definition) is 3. The lowest BCUT2D eigenvalue weighted by molar-refractivity contribution is -0.136. The number of anilines is 1. The Bertz CT molecular complexity index is 1060. The van der Waals surface area contributed by atoms with Crippen LogP contribution in [0, 0.1) is 0 Å². The highest BCUT2D eigenvalue weighted by molar-refractivity contribution is 5.99. The maximum absolute atomic E-state index is 13.0. The molecule has 1 aliphatic rings. The molecule has 1 fully saturated rings. The van der Waals surface area contributed by atoms with Gasteiger partial charge in [0.05, 0.1) is 6.42 Å². The predicted molar refractivity (Wildman–Crippen MR) is 124 cm³/mol. The standard InChI is InChI=1S/C25H30N4O2/c1-27(2)15-16-28-14-12-20-18-21(10-11-22(20)28)26-25(31)23-9-6-13-29(23)24(30)17-19-7-4-3-5-8-19/h3-5,7-8,10-12,14,18,23H,6,9,13,15-17H2,1-2H3,(H,26,31). The van der Waals surface area contributed by atoms with Crippen molar-refractivity contribution >= 4 is 28.4 Å². The zero-order valence-electron chi connectivity index (χ0n) is 18.3. The number of aromatic nitrogens is 1. The van der Waals surface area contributed by atoms with Gasteiger partial charge in [-0.1, -0.05) is 30.3 Å². The lowest BCUT2D eigenvalue weighted by Crippen LogP contribution is -2.43. The molecule has 162 valence electrons. The van der Waals surface area contributed by atoms with Crippen molar-refractivity contribution in [3.63, 3.8) is 0 Å². The van der Waals surface area contributed by atoms with Crippen LogP contribution in [-0.2, 0) is 22.6 Å². The molecule has 1 N–H and O–H groups in total. The van der Waals surface area contributed by atoms with Gasteiger partial charge in [0.25, 0.3) is 0 Å². The zero-order chi connectivity index (χ0) is 21.8. The average molecular weight is 419 g/mol. The molecule has 3 aromatic rings. The molecule has 6 nitrogen and oxygen atoms in total. The molecule has 4 rings (SSSR count). The molecular weight excluding hydrogens is 388 g/mol. The van der Waals surface area contributed by atoms with Gasteiger partial charge in [-0.25, -0.2) is 0 Å². The van der Waals surface area contributed by atoms with Crippen LogP contribution < -0.4 is 5.32 Å². The van der Waals surface area contributed by atoms with Crippen LogP contribution in [0.5, 0.6) is 0 Å². The normalized spacial score (nSPS) is 16.2. The summed E-state index contributed by atoms with van der Waals surface area (Å²) >= 11 is 0. The van der Waals surface area contributed by atoms with E-state index in [1.54, 1.807) is 4.90 Å². The van der Waals surface area contributed by atoms with Gasteiger partial charge in [0, 0.05) is 42.4 Å². The fraction of sp³-hybridized carbons (Fsp3) is 0.360. The van der Waals surface area contributed by atoms with Gasteiger partial charge in [-0.05, 0) is 56.8 Å². The predicted octanol–water partition coefficient (Wildman–Crippen LogP) is 3.38. The molecule has 1 atom stereocenters. The van der Waals surface area contributed by atoms with Gasteiger partial charge >= 0.3 is 0 Å². The molecule has 1 aliphatic heterocycles. The number of likely N-dealkylation sites (tertiary alicyclic amines) is 1. The smallest absolute Gasteiger partial charge is 0.247 e. The van der Waals surface area contributed by atoms with Gasteiger partial charge in [0.15, 0.2) is 0 Å². The second-order valence-electron chi connectivity index (χ2n) is 8.48. The molecule has 0 radical (unpaired) electrons. The van der Waals surface area contributed by atoms with E-state index in [9.17, 15) is 9.59 Å². The van der Waals surface area contributed by atoms with Crippen LogP contribution in [-0.4, -0.2) is 59.4 Å². The van der Waals surface area contributed by atoms with E-state index in [4.69, 9.17) is 0 Å². The summed E-state index contributed by atoms with van der Waals surface area (Å²) < 4.78 is 2.22. The van der Waals surface area contributed by atoms with E-state index in [1.165, 1.54) is 0 Å². The first-order valence-electron chi connectivity index (χ1n) is 10.9. The topological polar surface area (TPSA) is 57.6 Å². The minimum Gasteiger partial charge on any atom is -0.346 e. The molecule has 0 saturated carbocycles. The molecule has 1 aromatic heterocycles. The summed E-state index contributed by atoms with van der Waals surface area (Å²) in [6.07, 6.45) is 3.97. The van der Waals surface area contributed by atoms with Crippen LogP contribution in [0.25, 0.3) is 10.9 Å². The number of benzene rings is 2. The summed E-state index contributed by atoms with van der Waals surface area (Å²) in [5, 5.41) is 4.13. The van der Waals surface area contributed by atoms with E-state index < -0.39 is 6.04 Å². The maximum Gasteiger partial charge on any atom is 0.247 e. The SMILES string of the molecule is CN(C)CCn1ccc2cc(NC(=O)C3CCCN3C(=O)Cc3ccccc3)ccc21. The van der Waals surface area contributed by atoms with E-state index >= 15 is 0 Å². The number of amides is 2. The van der Waals surface area contributed by atoms with Crippen molar-refractivity contribution in [2.24, 2.45) is 0 Å². The van der Waals surface area contributed by atoms with Gasteiger partial charge in [-0.2, -0.15) is 0 Å². The summed E-state index contributed by atoms with van der Waals surface area (Å²) in [4.78, 5) is 29.7. The van der Waals surface area contributed by atoms with Crippen molar-refractivity contribution in [2.75, 3.05) is 32.5 Å². The van der Waals surface area contributed by atoms with Crippen molar-refractivity contribution in [3.8, 4) is 0 Å². The molecule has 6 heteroatoms. The van der Waals surface area contributed by atoms with E-state index in [2.05, 4.69) is 41.1 Å². The molecule has 2 amide bonds. The number of nitrogens with zero attached hydrogens (tertiary/aromatic N) is 3. The molecule has 0 bridgehead atoms. The summed E-state index contributed by atoms with van der Waals surface area (Å²) in [6, 6.07) is 17.4. The first kappa shape index (κ1) is 21.1. The van der Waals surface area contributed by atoms with E-state index in [-0.39, 0.29) is 11.8 Å². The Morgan fingerprint density at radius 2 is 1.90 bits per heavy atom. The third-order valence-corrected chi connectivity index (χ3v) is 5.90. The Hall–Kier alpha value is -3.12. The Balaban J connectivity index is 1.42. The fourth-order valence-electron chi connectivity index (χ4n) is 4.22. The molecular formula is C25H30N4O2. The van der Waals surface area contributed by atoms with Gasteiger partial charge < -0.3 is 19.7 Å². The van der Waals surface area contributed by atoms with Crippen LogP contribution in [0.1, 0.15) is 18.4 Å².